The van der Waals surface area contributed by atoms with Crippen LogP contribution in [0.15, 0.2) is 17.0 Å². The maximum absolute atomic E-state index is 11.9. The van der Waals surface area contributed by atoms with E-state index in [-0.39, 0.29) is 21.0 Å². The fourth-order valence-electron chi connectivity index (χ4n) is 1.21. The van der Waals surface area contributed by atoms with Crippen LogP contribution in [0.1, 0.15) is 13.8 Å². The molecule has 0 fully saturated rings. The molecule has 90 valence electrons. The molecule has 0 aliphatic heterocycles. The van der Waals surface area contributed by atoms with E-state index < -0.39 is 10.0 Å². The molecule has 0 aliphatic rings. The van der Waals surface area contributed by atoms with Gasteiger partial charge in [0, 0.05) is 11.7 Å². The second-order valence-corrected chi connectivity index (χ2v) is 6.05. The number of nitrogen functional groups attached to an aromatic ring is 1. The van der Waals surface area contributed by atoms with Crippen molar-refractivity contribution in [3.05, 3.63) is 22.2 Å². The largest absolute Gasteiger partial charge is 0.399 e. The lowest BCUT2D eigenvalue weighted by Gasteiger charge is -2.12. The summed E-state index contributed by atoms with van der Waals surface area (Å²) in [7, 11) is -3.71. The van der Waals surface area contributed by atoms with Crippen LogP contribution < -0.4 is 10.5 Å². The van der Waals surface area contributed by atoms with Crippen molar-refractivity contribution >= 4 is 38.9 Å². The monoisotopic (exact) mass is 282 g/mol. The number of benzene rings is 1. The highest BCUT2D eigenvalue weighted by Gasteiger charge is 2.22. The van der Waals surface area contributed by atoms with Gasteiger partial charge >= 0.3 is 0 Å². The molecule has 0 saturated heterocycles. The molecule has 0 amide bonds. The van der Waals surface area contributed by atoms with Crippen LogP contribution in [0, 0.1) is 0 Å². The summed E-state index contributed by atoms with van der Waals surface area (Å²) >= 11 is 11.6. The molecule has 0 unspecified atom stereocenters. The number of nitrogens with one attached hydrogen (secondary N) is 1. The zero-order valence-electron chi connectivity index (χ0n) is 8.79. The Hall–Kier alpha value is -0.490. The van der Waals surface area contributed by atoms with Crippen LogP contribution in [0.4, 0.5) is 5.69 Å². The number of halogens is 2. The first kappa shape index (κ1) is 13.6. The minimum absolute atomic E-state index is 0.0122. The Labute approximate surface area is 105 Å². The van der Waals surface area contributed by atoms with Crippen molar-refractivity contribution in [1.82, 2.24) is 4.72 Å². The van der Waals surface area contributed by atoms with Crippen molar-refractivity contribution in [1.29, 1.82) is 0 Å². The van der Waals surface area contributed by atoms with E-state index in [0.29, 0.717) is 5.69 Å². The van der Waals surface area contributed by atoms with Gasteiger partial charge in [-0.3, -0.25) is 0 Å². The molecular formula is C9H12Cl2N2O2S. The molecule has 1 aromatic carbocycles. The van der Waals surface area contributed by atoms with Crippen LogP contribution in [0.25, 0.3) is 0 Å². The van der Waals surface area contributed by atoms with Crippen LogP contribution >= 0.6 is 23.2 Å². The van der Waals surface area contributed by atoms with E-state index in [0.717, 1.165) is 0 Å². The lowest BCUT2D eigenvalue weighted by Crippen LogP contribution is -2.30. The van der Waals surface area contributed by atoms with Crippen LogP contribution in [0.2, 0.25) is 10.0 Å². The third kappa shape index (κ3) is 3.01. The van der Waals surface area contributed by atoms with Gasteiger partial charge in [0.25, 0.3) is 0 Å². The number of hydrogen-bond acceptors (Lipinski definition) is 3. The Morgan fingerprint density at radius 3 is 2.06 bits per heavy atom. The Kier molecular flexibility index (Phi) is 4.07. The van der Waals surface area contributed by atoms with Crippen molar-refractivity contribution in [2.24, 2.45) is 0 Å². The molecule has 0 heterocycles. The summed E-state index contributed by atoms with van der Waals surface area (Å²) in [4.78, 5) is -0.140. The zero-order chi connectivity index (χ0) is 12.5. The summed E-state index contributed by atoms with van der Waals surface area (Å²) in [6.45, 7) is 3.41. The third-order valence-corrected chi connectivity index (χ3v) is 4.26. The number of nitrogens with two attached hydrogens (primary N) is 1. The maximum Gasteiger partial charge on any atom is 0.243 e. The van der Waals surface area contributed by atoms with Crippen LogP contribution in [-0.2, 0) is 10.0 Å². The Morgan fingerprint density at radius 2 is 1.69 bits per heavy atom. The van der Waals surface area contributed by atoms with Gasteiger partial charge in [0.15, 0.2) is 0 Å². The smallest absolute Gasteiger partial charge is 0.243 e. The molecular weight excluding hydrogens is 271 g/mol. The number of rotatable bonds is 3. The Morgan fingerprint density at radius 1 is 1.25 bits per heavy atom. The summed E-state index contributed by atoms with van der Waals surface area (Å²) in [5.41, 5.74) is 5.81. The van der Waals surface area contributed by atoms with E-state index in [1.54, 1.807) is 13.8 Å². The molecule has 1 rings (SSSR count). The lowest BCUT2D eigenvalue weighted by molar-refractivity contribution is 0.570. The Bertz CT molecular complexity index is 477. The van der Waals surface area contributed by atoms with Crippen molar-refractivity contribution in [3.63, 3.8) is 0 Å². The lowest BCUT2D eigenvalue weighted by atomic mass is 10.3. The molecule has 0 radical (unpaired) electrons. The summed E-state index contributed by atoms with van der Waals surface area (Å²) in [5.74, 6) is 0. The molecule has 16 heavy (non-hydrogen) atoms. The van der Waals surface area contributed by atoms with Gasteiger partial charge in [0.05, 0.1) is 10.0 Å². The first-order chi connectivity index (χ1) is 7.24. The van der Waals surface area contributed by atoms with Crippen molar-refractivity contribution < 1.29 is 8.42 Å². The van der Waals surface area contributed by atoms with Gasteiger partial charge in [-0.15, -0.1) is 0 Å². The van der Waals surface area contributed by atoms with E-state index >= 15 is 0 Å². The van der Waals surface area contributed by atoms with Crippen molar-refractivity contribution in [2.75, 3.05) is 5.73 Å². The van der Waals surface area contributed by atoms with Gasteiger partial charge in [-0.1, -0.05) is 23.2 Å². The second-order valence-electron chi connectivity index (χ2n) is 3.59. The first-order valence-electron chi connectivity index (χ1n) is 4.51. The minimum Gasteiger partial charge on any atom is -0.399 e. The summed E-state index contributed by atoms with van der Waals surface area (Å²) in [6.07, 6.45) is 0. The van der Waals surface area contributed by atoms with Gasteiger partial charge in [-0.2, -0.15) is 0 Å². The van der Waals surface area contributed by atoms with Crippen LogP contribution in [0.3, 0.4) is 0 Å². The van der Waals surface area contributed by atoms with Gasteiger partial charge < -0.3 is 5.73 Å². The molecule has 0 saturated carbocycles. The Balaban J connectivity index is 3.34. The molecule has 0 aromatic heterocycles. The summed E-state index contributed by atoms with van der Waals surface area (Å²) < 4.78 is 26.1. The topological polar surface area (TPSA) is 72.2 Å². The molecule has 3 N–H and O–H groups in total. The SMILES string of the molecule is CC(C)NS(=O)(=O)c1c(Cl)cc(N)cc1Cl. The average Bonchev–Trinajstić information content (AvgIpc) is 1.96. The van der Waals surface area contributed by atoms with E-state index in [1.165, 1.54) is 12.1 Å². The van der Waals surface area contributed by atoms with Crippen molar-refractivity contribution in [3.8, 4) is 0 Å². The fourth-order valence-corrected chi connectivity index (χ4v) is 3.69. The van der Waals surface area contributed by atoms with Gasteiger partial charge in [-0.25, -0.2) is 13.1 Å². The highest BCUT2D eigenvalue weighted by atomic mass is 35.5. The van der Waals surface area contributed by atoms with Gasteiger partial charge in [0.2, 0.25) is 10.0 Å². The maximum atomic E-state index is 11.9. The molecule has 0 atom stereocenters. The predicted molar refractivity (Wildman–Crippen MR) is 66.3 cm³/mol. The van der Waals surface area contributed by atoms with Crippen molar-refractivity contribution in [2.45, 2.75) is 24.8 Å². The number of hydrogen-bond donors (Lipinski definition) is 2. The fraction of sp³-hybridized carbons (Fsp3) is 0.333. The van der Waals surface area contributed by atoms with Crippen LogP contribution in [0.5, 0.6) is 0 Å². The average molecular weight is 283 g/mol. The molecule has 0 aliphatic carbocycles. The second kappa shape index (κ2) is 4.79. The number of sulfonamides is 1. The highest BCUT2D eigenvalue weighted by Crippen LogP contribution is 2.31. The zero-order valence-corrected chi connectivity index (χ0v) is 11.1. The quantitative estimate of drug-likeness (QED) is 0.836. The number of anilines is 1. The minimum atomic E-state index is -3.71. The van der Waals surface area contributed by atoms with E-state index in [9.17, 15) is 8.42 Å². The highest BCUT2D eigenvalue weighted by molar-refractivity contribution is 7.89. The molecule has 4 nitrogen and oxygen atoms in total. The normalized spacial score (nSPS) is 12.1. The summed E-state index contributed by atoms with van der Waals surface area (Å²) in [6, 6.07) is 2.46. The molecule has 7 heteroatoms. The third-order valence-electron chi connectivity index (χ3n) is 1.68. The van der Waals surface area contributed by atoms with E-state index in [2.05, 4.69) is 4.72 Å². The molecule has 1 aromatic rings. The van der Waals surface area contributed by atoms with Gasteiger partial charge in [-0.05, 0) is 26.0 Å². The first-order valence-corrected chi connectivity index (χ1v) is 6.75. The van der Waals surface area contributed by atoms with E-state index in [4.69, 9.17) is 28.9 Å². The van der Waals surface area contributed by atoms with Crippen LogP contribution in [-0.4, -0.2) is 14.5 Å². The van der Waals surface area contributed by atoms with E-state index in [1.807, 2.05) is 0 Å². The summed E-state index contributed by atoms with van der Waals surface area (Å²) in [5, 5.41) is 0.0244. The van der Waals surface area contributed by atoms with Gasteiger partial charge in [0.1, 0.15) is 4.90 Å². The predicted octanol–water partition coefficient (Wildman–Crippen LogP) is 2.26. The standard InChI is InChI=1S/C9H12Cl2N2O2S/c1-5(2)13-16(14,15)9-7(10)3-6(12)4-8(9)11/h3-5,13H,12H2,1-2H3. The molecule has 0 spiro atoms. The molecule has 0 bridgehead atoms.